The minimum absolute atomic E-state index is 0.221. The SMILES string of the molecule is CCOc1ccc2oc(-c3ccccc3)c(C(=O)Oc3ccc4c(c3)O/C(=C\c3ccccc3C)C4=O)c2c1. The van der Waals surface area contributed by atoms with Crippen molar-refractivity contribution in [3.8, 4) is 28.6 Å². The first-order valence-corrected chi connectivity index (χ1v) is 12.6. The molecule has 0 unspecified atom stereocenters. The van der Waals surface area contributed by atoms with E-state index in [1.54, 1.807) is 42.5 Å². The number of hydrogen-bond acceptors (Lipinski definition) is 6. The van der Waals surface area contributed by atoms with E-state index in [0.29, 0.717) is 40.4 Å². The first kappa shape index (κ1) is 24.2. The summed E-state index contributed by atoms with van der Waals surface area (Å²) >= 11 is 0. The maximum absolute atomic E-state index is 13.6. The molecule has 0 saturated carbocycles. The van der Waals surface area contributed by atoms with Gasteiger partial charge < -0.3 is 18.6 Å². The fourth-order valence-electron chi connectivity index (χ4n) is 4.61. The molecule has 1 aromatic heterocycles. The number of esters is 1. The molecule has 0 aliphatic carbocycles. The quantitative estimate of drug-likeness (QED) is 0.131. The molecule has 6 nitrogen and oxygen atoms in total. The average Bonchev–Trinajstić information content (AvgIpc) is 3.47. The van der Waals surface area contributed by atoms with Crippen LogP contribution in [0.15, 0.2) is 101 Å². The highest BCUT2D eigenvalue weighted by Crippen LogP contribution is 2.38. The smallest absolute Gasteiger partial charge is 0.348 e. The largest absolute Gasteiger partial charge is 0.494 e. The maximum atomic E-state index is 13.6. The molecule has 0 bridgehead atoms. The Morgan fingerprint density at radius 3 is 2.46 bits per heavy atom. The number of ketones is 1. The van der Waals surface area contributed by atoms with Crippen LogP contribution in [0.1, 0.15) is 38.8 Å². The first-order chi connectivity index (χ1) is 19.0. The number of fused-ring (bicyclic) bond motifs is 2. The molecule has 1 aliphatic rings. The number of hydrogen-bond donors (Lipinski definition) is 0. The number of ether oxygens (including phenoxy) is 3. The Morgan fingerprint density at radius 1 is 0.897 bits per heavy atom. The molecular formula is C33H24O6. The van der Waals surface area contributed by atoms with Crippen LogP contribution in [-0.2, 0) is 0 Å². The normalized spacial score (nSPS) is 13.4. The van der Waals surface area contributed by atoms with Gasteiger partial charge in [0.15, 0.2) is 5.76 Å². The van der Waals surface area contributed by atoms with Gasteiger partial charge in [-0.25, -0.2) is 4.79 Å². The molecule has 4 aromatic carbocycles. The van der Waals surface area contributed by atoms with Gasteiger partial charge in [0.2, 0.25) is 5.78 Å². The lowest BCUT2D eigenvalue weighted by molar-refractivity contribution is 0.0736. The second kappa shape index (κ2) is 9.99. The lowest BCUT2D eigenvalue weighted by Gasteiger charge is -2.07. The summed E-state index contributed by atoms with van der Waals surface area (Å²) in [6.07, 6.45) is 1.73. The molecule has 0 spiro atoms. The van der Waals surface area contributed by atoms with Crippen molar-refractivity contribution in [2.24, 2.45) is 0 Å². The highest BCUT2D eigenvalue weighted by Gasteiger charge is 2.29. The molecule has 0 N–H and O–H groups in total. The van der Waals surface area contributed by atoms with E-state index < -0.39 is 5.97 Å². The zero-order valence-electron chi connectivity index (χ0n) is 21.4. The Labute approximate surface area is 225 Å². The summed E-state index contributed by atoms with van der Waals surface area (Å²) in [5.41, 5.74) is 3.91. The van der Waals surface area contributed by atoms with Crippen LogP contribution in [0.25, 0.3) is 28.4 Å². The summed E-state index contributed by atoms with van der Waals surface area (Å²) in [6.45, 7) is 4.35. The highest BCUT2D eigenvalue weighted by atomic mass is 16.5. The van der Waals surface area contributed by atoms with E-state index in [2.05, 4.69) is 0 Å². The van der Waals surface area contributed by atoms with Gasteiger partial charge in [0.1, 0.15) is 34.2 Å². The maximum Gasteiger partial charge on any atom is 0.348 e. The summed E-state index contributed by atoms with van der Waals surface area (Å²) < 4.78 is 23.5. The molecule has 6 heteroatoms. The minimum Gasteiger partial charge on any atom is -0.494 e. The van der Waals surface area contributed by atoms with Crippen molar-refractivity contribution < 1.29 is 28.2 Å². The van der Waals surface area contributed by atoms with Gasteiger partial charge in [0.05, 0.1) is 12.2 Å². The number of carbonyl (C=O) groups excluding carboxylic acids is 2. The van der Waals surface area contributed by atoms with Crippen LogP contribution >= 0.6 is 0 Å². The number of Topliss-reactive ketones (excluding diaryl/α,β-unsaturated/α-hetero) is 1. The van der Waals surface area contributed by atoms with E-state index in [1.807, 2.05) is 68.4 Å². The van der Waals surface area contributed by atoms with Crippen molar-refractivity contribution in [3.63, 3.8) is 0 Å². The third kappa shape index (κ3) is 4.57. The Morgan fingerprint density at radius 2 is 1.67 bits per heavy atom. The molecule has 6 rings (SSSR count). The van der Waals surface area contributed by atoms with Crippen LogP contribution < -0.4 is 14.2 Å². The van der Waals surface area contributed by atoms with Crippen LogP contribution in [0.5, 0.6) is 17.2 Å². The third-order valence-electron chi connectivity index (χ3n) is 6.54. The molecule has 192 valence electrons. The van der Waals surface area contributed by atoms with Crippen molar-refractivity contribution in [2.45, 2.75) is 13.8 Å². The number of carbonyl (C=O) groups is 2. The highest BCUT2D eigenvalue weighted by molar-refractivity contribution is 6.15. The number of allylic oxidation sites excluding steroid dienone is 1. The van der Waals surface area contributed by atoms with Crippen molar-refractivity contribution in [1.29, 1.82) is 0 Å². The van der Waals surface area contributed by atoms with Gasteiger partial charge in [-0.15, -0.1) is 0 Å². The van der Waals surface area contributed by atoms with Gasteiger partial charge >= 0.3 is 5.97 Å². The molecule has 0 fully saturated rings. The predicted molar refractivity (Wildman–Crippen MR) is 148 cm³/mol. The summed E-state index contributed by atoms with van der Waals surface area (Å²) in [6, 6.07) is 27.2. The van der Waals surface area contributed by atoms with E-state index in [4.69, 9.17) is 18.6 Å². The van der Waals surface area contributed by atoms with Gasteiger partial charge in [-0.3, -0.25) is 4.79 Å². The average molecular weight is 517 g/mol. The van der Waals surface area contributed by atoms with Crippen LogP contribution in [0.3, 0.4) is 0 Å². The van der Waals surface area contributed by atoms with Gasteiger partial charge in [0, 0.05) is 17.0 Å². The lowest BCUT2D eigenvalue weighted by atomic mass is 10.1. The number of furan rings is 1. The van der Waals surface area contributed by atoms with E-state index >= 15 is 0 Å². The van der Waals surface area contributed by atoms with E-state index in [-0.39, 0.29) is 22.9 Å². The molecule has 2 heterocycles. The molecule has 0 saturated heterocycles. The third-order valence-corrected chi connectivity index (χ3v) is 6.54. The summed E-state index contributed by atoms with van der Waals surface area (Å²) in [5, 5.41) is 0.584. The second-order valence-electron chi connectivity index (χ2n) is 9.11. The van der Waals surface area contributed by atoms with E-state index in [9.17, 15) is 9.59 Å². The van der Waals surface area contributed by atoms with Crippen LogP contribution in [0, 0.1) is 6.92 Å². The van der Waals surface area contributed by atoms with Crippen molar-refractivity contribution in [1.82, 2.24) is 0 Å². The van der Waals surface area contributed by atoms with Crippen molar-refractivity contribution in [3.05, 3.63) is 119 Å². The van der Waals surface area contributed by atoms with E-state index in [0.717, 1.165) is 16.7 Å². The summed E-state index contributed by atoms with van der Waals surface area (Å²) in [5.74, 6) is 1.01. The molecular weight excluding hydrogens is 492 g/mol. The predicted octanol–water partition coefficient (Wildman–Crippen LogP) is 7.64. The molecule has 39 heavy (non-hydrogen) atoms. The van der Waals surface area contributed by atoms with Gasteiger partial charge in [-0.05, 0) is 61.4 Å². The topological polar surface area (TPSA) is 75.0 Å². The Kier molecular flexibility index (Phi) is 6.21. The standard InChI is InChI=1S/C33H24O6/c1-3-36-23-14-16-27-26(18-23)30(32(39-27)21-10-5-4-6-11-21)33(35)37-24-13-15-25-28(19-24)38-29(31(25)34)17-22-12-8-7-9-20(22)2/h4-19H,3H2,1-2H3/b29-17-. The fourth-order valence-corrected chi connectivity index (χ4v) is 4.61. The van der Waals surface area contributed by atoms with Crippen LogP contribution in [0.2, 0.25) is 0 Å². The summed E-state index contributed by atoms with van der Waals surface area (Å²) in [7, 11) is 0. The fraction of sp³-hybridized carbons (Fsp3) is 0.0909. The molecule has 5 aromatic rings. The van der Waals surface area contributed by atoms with Gasteiger partial charge in [-0.1, -0.05) is 54.6 Å². The van der Waals surface area contributed by atoms with Gasteiger partial charge in [-0.2, -0.15) is 0 Å². The zero-order chi connectivity index (χ0) is 26.9. The Balaban J connectivity index is 1.34. The molecule has 1 aliphatic heterocycles. The van der Waals surface area contributed by atoms with Crippen molar-refractivity contribution in [2.75, 3.05) is 6.61 Å². The molecule has 0 radical (unpaired) electrons. The number of benzene rings is 4. The number of aryl methyl sites for hydroxylation is 1. The van der Waals surface area contributed by atoms with Crippen LogP contribution in [-0.4, -0.2) is 18.4 Å². The lowest BCUT2D eigenvalue weighted by Crippen LogP contribution is -2.09. The Bertz CT molecular complexity index is 1760. The first-order valence-electron chi connectivity index (χ1n) is 12.6. The minimum atomic E-state index is -0.596. The number of rotatable bonds is 6. The van der Waals surface area contributed by atoms with E-state index in [1.165, 1.54) is 0 Å². The van der Waals surface area contributed by atoms with Crippen molar-refractivity contribution >= 4 is 28.8 Å². The monoisotopic (exact) mass is 516 g/mol. The molecule has 0 atom stereocenters. The Hall–Kier alpha value is -5.10. The zero-order valence-corrected chi connectivity index (χ0v) is 21.4. The molecule has 0 amide bonds. The second-order valence-corrected chi connectivity index (χ2v) is 9.11. The van der Waals surface area contributed by atoms with Gasteiger partial charge in [0.25, 0.3) is 0 Å². The summed E-state index contributed by atoms with van der Waals surface area (Å²) in [4.78, 5) is 26.6. The van der Waals surface area contributed by atoms with Crippen LogP contribution in [0.4, 0.5) is 0 Å².